The summed E-state index contributed by atoms with van der Waals surface area (Å²) in [6.45, 7) is 7.36. The van der Waals surface area contributed by atoms with Crippen molar-refractivity contribution in [2.45, 2.75) is 25.9 Å². The molecule has 1 fully saturated rings. The average molecular weight is 251 g/mol. The van der Waals surface area contributed by atoms with Crippen molar-refractivity contribution in [1.82, 2.24) is 4.90 Å². The molecule has 0 unspecified atom stereocenters. The van der Waals surface area contributed by atoms with Gasteiger partial charge in [0.15, 0.2) is 0 Å². The lowest BCUT2D eigenvalue weighted by Crippen LogP contribution is -2.52. The Labute approximate surface area is 108 Å². The van der Waals surface area contributed by atoms with Gasteiger partial charge in [0, 0.05) is 24.2 Å². The second kappa shape index (κ2) is 5.16. The zero-order valence-corrected chi connectivity index (χ0v) is 11.3. The summed E-state index contributed by atoms with van der Waals surface area (Å²) in [6.07, 6.45) is 0. The molecule has 0 amide bonds. The summed E-state index contributed by atoms with van der Waals surface area (Å²) in [5, 5.41) is 9.92. The molecule has 1 aromatic rings. The predicted octanol–water partition coefficient (Wildman–Crippen LogP) is 2.01. The summed E-state index contributed by atoms with van der Waals surface area (Å²) in [5.41, 5.74) is 0.887. The SMILES string of the molecule is COc1ccc(O)c(CN2CCOCC2(C)C)c1. The van der Waals surface area contributed by atoms with Crippen LogP contribution in [0.3, 0.4) is 0 Å². The molecule has 0 atom stereocenters. The standard InChI is InChI=1S/C14H21NO3/c1-14(2)10-18-7-6-15(14)9-11-8-12(17-3)4-5-13(11)16/h4-5,8,16H,6-7,9-10H2,1-3H3. The first-order valence-electron chi connectivity index (χ1n) is 6.21. The van der Waals surface area contributed by atoms with Crippen molar-refractivity contribution in [3.63, 3.8) is 0 Å². The van der Waals surface area contributed by atoms with Crippen LogP contribution in [0.4, 0.5) is 0 Å². The van der Waals surface area contributed by atoms with Crippen molar-refractivity contribution in [2.24, 2.45) is 0 Å². The third-order valence-electron chi connectivity index (χ3n) is 3.46. The van der Waals surface area contributed by atoms with Crippen molar-refractivity contribution in [3.8, 4) is 11.5 Å². The molecule has 0 saturated carbocycles. The molecule has 1 aliphatic rings. The van der Waals surface area contributed by atoms with Crippen LogP contribution in [-0.2, 0) is 11.3 Å². The molecular weight excluding hydrogens is 230 g/mol. The Morgan fingerprint density at radius 1 is 1.44 bits per heavy atom. The van der Waals surface area contributed by atoms with Gasteiger partial charge in [0.2, 0.25) is 0 Å². The van der Waals surface area contributed by atoms with Crippen LogP contribution in [0.15, 0.2) is 18.2 Å². The van der Waals surface area contributed by atoms with Gasteiger partial charge in [-0.3, -0.25) is 4.90 Å². The van der Waals surface area contributed by atoms with Gasteiger partial charge >= 0.3 is 0 Å². The van der Waals surface area contributed by atoms with Crippen LogP contribution in [0.25, 0.3) is 0 Å². The highest BCUT2D eigenvalue weighted by molar-refractivity contribution is 5.39. The molecule has 1 saturated heterocycles. The number of morpholine rings is 1. The molecule has 0 aromatic heterocycles. The Bertz CT molecular complexity index is 418. The van der Waals surface area contributed by atoms with E-state index in [1.165, 1.54) is 0 Å². The molecular formula is C14H21NO3. The molecule has 0 aliphatic carbocycles. The van der Waals surface area contributed by atoms with Gasteiger partial charge in [-0.05, 0) is 32.0 Å². The Morgan fingerprint density at radius 2 is 2.22 bits per heavy atom. The third kappa shape index (κ3) is 2.76. The fourth-order valence-corrected chi connectivity index (χ4v) is 2.20. The zero-order chi connectivity index (χ0) is 13.2. The van der Waals surface area contributed by atoms with E-state index in [0.29, 0.717) is 12.3 Å². The van der Waals surface area contributed by atoms with E-state index < -0.39 is 0 Å². The van der Waals surface area contributed by atoms with Crippen molar-refractivity contribution >= 4 is 0 Å². The minimum Gasteiger partial charge on any atom is -0.508 e. The lowest BCUT2D eigenvalue weighted by atomic mass is 10.0. The number of aromatic hydroxyl groups is 1. The molecule has 0 radical (unpaired) electrons. The average Bonchev–Trinajstić information content (AvgIpc) is 2.34. The van der Waals surface area contributed by atoms with Crippen LogP contribution >= 0.6 is 0 Å². The molecule has 4 heteroatoms. The van der Waals surface area contributed by atoms with Crippen LogP contribution in [0.2, 0.25) is 0 Å². The molecule has 1 N–H and O–H groups in total. The summed E-state index contributed by atoms with van der Waals surface area (Å²) in [7, 11) is 1.63. The van der Waals surface area contributed by atoms with Gasteiger partial charge in [0.25, 0.3) is 0 Å². The van der Waals surface area contributed by atoms with Crippen LogP contribution in [-0.4, -0.2) is 42.4 Å². The molecule has 0 spiro atoms. The van der Waals surface area contributed by atoms with E-state index in [2.05, 4.69) is 18.7 Å². The largest absolute Gasteiger partial charge is 0.508 e. The smallest absolute Gasteiger partial charge is 0.120 e. The number of phenols is 1. The molecule has 1 heterocycles. The fourth-order valence-electron chi connectivity index (χ4n) is 2.20. The highest BCUT2D eigenvalue weighted by Gasteiger charge is 2.30. The second-order valence-corrected chi connectivity index (χ2v) is 5.28. The second-order valence-electron chi connectivity index (χ2n) is 5.28. The Balaban J connectivity index is 2.17. The van der Waals surface area contributed by atoms with E-state index in [1.54, 1.807) is 19.2 Å². The van der Waals surface area contributed by atoms with E-state index in [1.807, 2.05) is 6.07 Å². The number of methoxy groups -OCH3 is 1. The fraction of sp³-hybridized carbons (Fsp3) is 0.571. The van der Waals surface area contributed by atoms with Gasteiger partial charge in [-0.2, -0.15) is 0 Å². The maximum Gasteiger partial charge on any atom is 0.120 e. The van der Waals surface area contributed by atoms with Gasteiger partial charge in [-0.1, -0.05) is 0 Å². The van der Waals surface area contributed by atoms with Crippen molar-refractivity contribution in [1.29, 1.82) is 0 Å². The highest BCUT2D eigenvalue weighted by atomic mass is 16.5. The van der Waals surface area contributed by atoms with E-state index >= 15 is 0 Å². The quantitative estimate of drug-likeness (QED) is 0.892. The topological polar surface area (TPSA) is 41.9 Å². The van der Waals surface area contributed by atoms with Crippen molar-refractivity contribution in [2.75, 3.05) is 26.9 Å². The van der Waals surface area contributed by atoms with E-state index in [0.717, 1.165) is 31.1 Å². The first kappa shape index (κ1) is 13.2. The van der Waals surface area contributed by atoms with Crippen LogP contribution in [0, 0.1) is 0 Å². The lowest BCUT2D eigenvalue weighted by Gasteiger charge is -2.42. The molecule has 1 aromatic carbocycles. The minimum atomic E-state index is -0.00618. The summed E-state index contributed by atoms with van der Waals surface area (Å²) in [5.74, 6) is 1.09. The summed E-state index contributed by atoms with van der Waals surface area (Å²) in [4.78, 5) is 2.32. The Kier molecular flexibility index (Phi) is 3.78. The number of benzene rings is 1. The lowest BCUT2D eigenvalue weighted by molar-refractivity contribution is -0.0555. The monoisotopic (exact) mass is 251 g/mol. The van der Waals surface area contributed by atoms with Gasteiger partial charge < -0.3 is 14.6 Å². The molecule has 18 heavy (non-hydrogen) atoms. The molecule has 2 rings (SSSR count). The first-order valence-corrected chi connectivity index (χ1v) is 6.21. The van der Waals surface area contributed by atoms with E-state index in [4.69, 9.17) is 9.47 Å². The number of hydrogen-bond donors (Lipinski definition) is 1. The summed E-state index contributed by atoms with van der Waals surface area (Å²) >= 11 is 0. The first-order chi connectivity index (χ1) is 8.53. The van der Waals surface area contributed by atoms with Gasteiger partial charge in [-0.15, -0.1) is 0 Å². The molecule has 0 bridgehead atoms. The van der Waals surface area contributed by atoms with Crippen LogP contribution in [0.1, 0.15) is 19.4 Å². The zero-order valence-electron chi connectivity index (χ0n) is 11.3. The maximum absolute atomic E-state index is 9.92. The number of nitrogens with zero attached hydrogens (tertiary/aromatic N) is 1. The maximum atomic E-state index is 9.92. The summed E-state index contributed by atoms with van der Waals surface area (Å²) < 4.78 is 10.7. The molecule has 4 nitrogen and oxygen atoms in total. The third-order valence-corrected chi connectivity index (χ3v) is 3.46. The summed E-state index contributed by atoms with van der Waals surface area (Å²) in [6, 6.07) is 5.34. The van der Waals surface area contributed by atoms with Gasteiger partial charge in [-0.25, -0.2) is 0 Å². The van der Waals surface area contributed by atoms with Crippen molar-refractivity contribution < 1.29 is 14.6 Å². The number of ether oxygens (including phenoxy) is 2. The molecule has 100 valence electrons. The normalized spacial score (nSPS) is 19.7. The number of rotatable bonds is 3. The van der Waals surface area contributed by atoms with Gasteiger partial charge in [0.05, 0.1) is 20.3 Å². The van der Waals surface area contributed by atoms with E-state index in [-0.39, 0.29) is 5.54 Å². The highest BCUT2D eigenvalue weighted by Crippen LogP contribution is 2.28. The molecule has 1 aliphatic heterocycles. The Morgan fingerprint density at radius 3 is 2.89 bits per heavy atom. The van der Waals surface area contributed by atoms with Crippen molar-refractivity contribution in [3.05, 3.63) is 23.8 Å². The number of hydrogen-bond acceptors (Lipinski definition) is 4. The van der Waals surface area contributed by atoms with E-state index in [9.17, 15) is 5.11 Å². The number of phenolic OH excluding ortho intramolecular Hbond substituents is 1. The van der Waals surface area contributed by atoms with Crippen LogP contribution < -0.4 is 4.74 Å². The Hall–Kier alpha value is -1.26. The predicted molar refractivity (Wildman–Crippen MR) is 70.0 cm³/mol. The minimum absolute atomic E-state index is 0.00618. The van der Waals surface area contributed by atoms with Gasteiger partial charge in [0.1, 0.15) is 11.5 Å². The van der Waals surface area contributed by atoms with Crippen LogP contribution in [0.5, 0.6) is 11.5 Å².